The van der Waals surface area contributed by atoms with Crippen molar-refractivity contribution in [2.75, 3.05) is 30.8 Å². The molecule has 0 aliphatic carbocycles. The Labute approximate surface area is 200 Å². The van der Waals surface area contributed by atoms with Crippen molar-refractivity contribution in [1.82, 2.24) is 9.88 Å². The molecule has 4 rings (SSSR count). The number of rotatable bonds is 8. The van der Waals surface area contributed by atoms with Gasteiger partial charge in [0.25, 0.3) is 0 Å². The first-order valence-electron chi connectivity index (χ1n) is 11.7. The summed E-state index contributed by atoms with van der Waals surface area (Å²) in [5, 5.41) is 3.59. The average Bonchev–Trinajstić information content (AvgIpc) is 3.31. The maximum atomic E-state index is 12.6. The molecule has 1 saturated heterocycles. The highest BCUT2D eigenvalue weighted by molar-refractivity contribution is 7.91. The predicted molar refractivity (Wildman–Crippen MR) is 130 cm³/mol. The standard InChI is InChI=1S/C24H33N3O4S2/c1-4-33(29,30)19-7-5-17(6-8-19)13-21(28)25-24-26-22-20(32-24)15-27(23(22)16(2)3)14-18-9-11-31-12-10-18/h5-8,16,18,23H,4,9-15H2,1-3H3,(H,25,26,28)/t23-/m1/s1. The van der Waals surface area contributed by atoms with E-state index in [-0.39, 0.29) is 29.0 Å². The van der Waals surface area contributed by atoms with Gasteiger partial charge < -0.3 is 10.1 Å². The maximum Gasteiger partial charge on any atom is 0.230 e. The minimum absolute atomic E-state index is 0.0609. The van der Waals surface area contributed by atoms with Gasteiger partial charge in [0.15, 0.2) is 15.0 Å². The summed E-state index contributed by atoms with van der Waals surface area (Å²) in [6.07, 6.45) is 2.42. The lowest BCUT2D eigenvalue weighted by Gasteiger charge is -2.32. The summed E-state index contributed by atoms with van der Waals surface area (Å²) in [4.78, 5) is 21.5. The van der Waals surface area contributed by atoms with E-state index >= 15 is 0 Å². The lowest BCUT2D eigenvalue weighted by atomic mass is 9.97. The van der Waals surface area contributed by atoms with Crippen molar-refractivity contribution in [2.24, 2.45) is 11.8 Å². The summed E-state index contributed by atoms with van der Waals surface area (Å²) < 4.78 is 29.4. The van der Waals surface area contributed by atoms with Crippen LogP contribution in [0.1, 0.15) is 55.8 Å². The summed E-state index contributed by atoms with van der Waals surface area (Å²) in [7, 11) is -3.24. The number of aromatic nitrogens is 1. The van der Waals surface area contributed by atoms with Gasteiger partial charge in [0.05, 0.1) is 28.8 Å². The number of ether oxygens (including phenoxy) is 1. The molecule has 1 aromatic carbocycles. The number of nitrogens with one attached hydrogen (secondary N) is 1. The number of hydrogen-bond donors (Lipinski definition) is 1. The van der Waals surface area contributed by atoms with Crippen LogP contribution in [0.15, 0.2) is 29.2 Å². The Morgan fingerprint density at radius 2 is 1.94 bits per heavy atom. The number of nitrogens with zero attached hydrogens (tertiary/aromatic N) is 2. The number of benzene rings is 1. The molecule has 1 aromatic heterocycles. The Hall–Kier alpha value is -1.81. The molecule has 7 nitrogen and oxygen atoms in total. The first kappa shape index (κ1) is 24.3. The van der Waals surface area contributed by atoms with Gasteiger partial charge in [0.1, 0.15) is 0 Å². The molecule has 9 heteroatoms. The van der Waals surface area contributed by atoms with Crippen LogP contribution >= 0.6 is 11.3 Å². The highest BCUT2D eigenvalue weighted by atomic mass is 32.2. The topological polar surface area (TPSA) is 88.6 Å². The molecule has 0 saturated carbocycles. The molecule has 1 fully saturated rings. The molecule has 3 heterocycles. The molecule has 33 heavy (non-hydrogen) atoms. The SMILES string of the molecule is CCS(=O)(=O)c1ccc(CC(=O)Nc2nc3c(s2)CN(CC2CCOCC2)[C@@H]3C(C)C)cc1. The quantitative estimate of drug-likeness (QED) is 0.599. The number of carbonyl (C=O) groups excluding carboxylic acids is 1. The van der Waals surface area contributed by atoms with Crippen molar-refractivity contribution < 1.29 is 17.9 Å². The van der Waals surface area contributed by atoms with E-state index in [2.05, 4.69) is 24.1 Å². The smallest absolute Gasteiger partial charge is 0.230 e. The van der Waals surface area contributed by atoms with Crippen LogP contribution in [-0.4, -0.2) is 49.7 Å². The molecule has 0 unspecified atom stereocenters. The predicted octanol–water partition coefficient (Wildman–Crippen LogP) is 4.06. The summed E-state index contributed by atoms with van der Waals surface area (Å²) >= 11 is 1.57. The minimum atomic E-state index is -3.24. The van der Waals surface area contributed by atoms with Crippen LogP contribution in [-0.2, 0) is 32.3 Å². The van der Waals surface area contributed by atoms with Gasteiger partial charge in [-0.2, -0.15) is 0 Å². The van der Waals surface area contributed by atoms with Crippen LogP contribution < -0.4 is 5.32 Å². The first-order chi connectivity index (χ1) is 15.8. The summed E-state index contributed by atoms with van der Waals surface area (Å²) in [6.45, 7) is 9.76. The van der Waals surface area contributed by atoms with Gasteiger partial charge in [-0.05, 0) is 42.4 Å². The molecule has 1 N–H and O–H groups in total. The summed E-state index contributed by atoms with van der Waals surface area (Å²) in [5.41, 5.74) is 1.88. The number of fused-ring (bicyclic) bond motifs is 1. The zero-order valence-corrected chi connectivity index (χ0v) is 21.2. The largest absolute Gasteiger partial charge is 0.381 e. The fourth-order valence-corrected chi connectivity index (χ4v) is 6.65. The summed E-state index contributed by atoms with van der Waals surface area (Å²) in [6, 6.07) is 6.82. The number of hydrogen-bond acceptors (Lipinski definition) is 7. The number of sulfone groups is 1. The number of thiazole rings is 1. The van der Waals surface area contributed by atoms with Crippen molar-refractivity contribution in [3.05, 3.63) is 40.4 Å². The van der Waals surface area contributed by atoms with E-state index in [0.29, 0.717) is 17.0 Å². The molecule has 0 spiro atoms. The zero-order valence-electron chi connectivity index (χ0n) is 19.5. The van der Waals surface area contributed by atoms with Gasteiger partial charge in [-0.3, -0.25) is 9.69 Å². The van der Waals surface area contributed by atoms with E-state index in [0.717, 1.165) is 50.4 Å². The number of carbonyl (C=O) groups is 1. The fraction of sp³-hybridized carbons (Fsp3) is 0.583. The third-order valence-corrected chi connectivity index (χ3v) is 9.21. The van der Waals surface area contributed by atoms with Crippen molar-refractivity contribution >= 4 is 32.2 Å². The Morgan fingerprint density at radius 1 is 1.24 bits per heavy atom. The normalized spacial score (nSPS) is 19.7. The minimum Gasteiger partial charge on any atom is -0.381 e. The average molecular weight is 492 g/mol. The van der Waals surface area contributed by atoms with E-state index in [1.807, 2.05) is 0 Å². The molecule has 1 amide bonds. The van der Waals surface area contributed by atoms with Gasteiger partial charge in [0.2, 0.25) is 5.91 Å². The van der Waals surface area contributed by atoms with Gasteiger partial charge in [-0.1, -0.05) is 32.9 Å². The molecule has 1 atom stereocenters. The van der Waals surface area contributed by atoms with Crippen molar-refractivity contribution in [2.45, 2.75) is 57.5 Å². The van der Waals surface area contributed by atoms with E-state index in [4.69, 9.17) is 9.72 Å². The van der Waals surface area contributed by atoms with Crippen LogP contribution in [0.4, 0.5) is 5.13 Å². The molecular weight excluding hydrogens is 458 g/mol. The Balaban J connectivity index is 1.38. The highest BCUT2D eigenvalue weighted by Crippen LogP contribution is 2.43. The second kappa shape index (κ2) is 10.2. The van der Waals surface area contributed by atoms with Gasteiger partial charge in [0, 0.05) is 31.2 Å². The molecule has 0 bridgehead atoms. The van der Waals surface area contributed by atoms with Crippen molar-refractivity contribution in [3.8, 4) is 0 Å². The van der Waals surface area contributed by atoms with Gasteiger partial charge in [-0.25, -0.2) is 13.4 Å². The van der Waals surface area contributed by atoms with Crippen LogP contribution in [0.25, 0.3) is 0 Å². The van der Waals surface area contributed by atoms with E-state index in [1.165, 1.54) is 4.88 Å². The monoisotopic (exact) mass is 491 g/mol. The van der Waals surface area contributed by atoms with Crippen LogP contribution in [0, 0.1) is 11.8 Å². The molecule has 180 valence electrons. The maximum absolute atomic E-state index is 12.6. The molecule has 2 aliphatic heterocycles. The molecular formula is C24H33N3O4S2. The molecule has 0 radical (unpaired) electrons. The van der Waals surface area contributed by atoms with Gasteiger partial charge in [-0.15, -0.1) is 11.3 Å². The first-order valence-corrected chi connectivity index (χ1v) is 14.2. The lowest BCUT2D eigenvalue weighted by Crippen LogP contribution is -2.33. The number of anilines is 1. The second-order valence-electron chi connectivity index (χ2n) is 9.27. The lowest BCUT2D eigenvalue weighted by molar-refractivity contribution is -0.115. The highest BCUT2D eigenvalue weighted by Gasteiger charge is 2.37. The summed E-state index contributed by atoms with van der Waals surface area (Å²) in [5.74, 6) is 1.03. The van der Waals surface area contributed by atoms with Crippen LogP contribution in [0.3, 0.4) is 0 Å². The molecule has 2 aliphatic rings. The number of amides is 1. The van der Waals surface area contributed by atoms with E-state index < -0.39 is 9.84 Å². The van der Waals surface area contributed by atoms with E-state index in [9.17, 15) is 13.2 Å². The van der Waals surface area contributed by atoms with Crippen LogP contribution in [0.5, 0.6) is 0 Å². The van der Waals surface area contributed by atoms with E-state index in [1.54, 1.807) is 42.5 Å². The molecule has 2 aromatic rings. The Morgan fingerprint density at radius 3 is 2.58 bits per heavy atom. The van der Waals surface area contributed by atoms with Crippen LogP contribution in [0.2, 0.25) is 0 Å². The third kappa shape index (κ3) is 5.65. The van der Waals surface area contributed by atoms with Crippen molar-refractivity contribution in [1.29, 1.82) is 0 Å². The third-order valence-electron chi connectivity index (χ3n) is 6.49. The zero-order chi connectivity index (χ0) is 23.6. The Bertz CT molecular complexity index is 1070. The van der Waals surface area contributed by atoms with Gasteiger partial charge >= 0.3 is 0 Å². The second-order valence-corrected chi connectivity index (χ2v) is 12.6. The fourth-order valence-electron chi connectivity index (χ4n) is 4.72. The Kier molecular flexibility index (Phi) is 7.53. The van der Waals surface area contributed by atoms with Crippen molar-refractivity contribution in [3.63, 3.8) is 0 Å².